The van der Waals surface area contributed by atoms with E-state index in [9.17, 15) is 22.4 Å². The molecule has 5 rings (SSSR count). The molecule has 0 spiro atoms. The number of aromatic nitrogens is 4. The fourth-order valence-electron chi connectivity index (χ4n) is 4.65. The number of carbonyl (C=O) groups is 2. The molecular formula is C31H31FN6O7S2. The number of rotatable bonds is 15. The largest absolute Gasteiger partial charge is 0.491 e. The smallest absolute Gasteiger partial charge is 0.307 e. The topological polar surface area (TPSA) is 178 Å². The van der Waals surface area contributed by atoms with Crippen molar-refractivity contribution in [2.45, 2.75) is 35.9 Å². The minimum absolute atomic E-state index is 0.00369. The van der Waals surface area contributed by atoms with E-state index in [-0.39, 0.29) is 30.4 Å². The Labute approximate surface area is 273 Å². The zero-order valence-corrected chi connectivity index (χ0v) is 26.7. The summed E-state index contributed by atoms with van der Waals surface area (Å²) in [4.78, 5) is 30.2. The van der Waals surface area contributed by atoms with Crippen LogP contribution in [-0.4, -0.2) is 60.7 Å². The number of hydrogen-bond donors (Lipinski definition) is 2. The summed E-state index contributed by atoms with van der Waals surface area (Å²) in [5.41, 5.74) is 2.38. The highest BCUT2D eigenvalue weighted by Gasteiger charge is 2.27. The van der Waals surface area contributed by atoms with Crippen molar-refractivity contribution < 1.29 is 36.6 Å². The number of esters is 1. The van der Waals surface area contributed by atoms with Gasteiger partial charge in [0, 0.05) is 6.42 Å². The molecule has 2 aromatic heterocycles. The van der Waals surface area contributed by atoms with Crippen molar-refractivity contribution in [3.63, 3.8) is 0 Å². The van der Waals surface area contributed by atoms with Crippen LogP contribution in [0.25, 0.3) is 10.2 Å². The molecular weight excluding hydrogens is 652 g/mol. The highest BCUT2D eigenvalue weighted by Crippen LogP contribution is 2.29. The average molecular weight is 683 g/mol. The molecule has 246 valence electrons. The number of halogens is 1. The van der Waals surface area contributed by atoms with Gasteiger partial charge in [-0.1, -0.05) is 47.7 Å². The van der Waals surface area contributed by atoms with E-state index in [2.05, 4.69) is 20.6 Å². The summed E-state index contributed by atoms with van der Waals surface area (Å²) in [6, 6.07) is 19.4. The first kappa shape index (κ1) is 33.4. The molecule has 0 saturated heterocycles. The molecule has 13 nitrogen and oxygen atoms in total. The maximum atomic E-state index is 13.9. The number of primary sulfonamides is 1. The minimum atomic E-state index is -3.94. The molecule has 3 aromatic carbocycles. The summed E-state index contributed by atoms with van der Waals surface area (Å²) >= 11 is 0.931. The van der Waals surface area contributed by atoms with Crippen LogP contribution in [0.4, 0.5) is 4.39 Å². The monoisotopic (exact) mass is 682 g/mol. The summed E-state index contributed by atoms with van der Waals surface area (Å²) in [5, 5.41) is 16.6. The van der Waals surface area contributed by atoms with Crippen LogP contribution >= 0.6 is 11.3 Å². The Bertz CT molecular complexity index is 1930. The molecule has 2 atom stereocenters. The van der Waals surface area contributed by atoms with Crippen LogP contribution in [0.5, 0.6) is 11.5 Å². The van der Waals surface area contributed by atoms with Crippen LogP contribution in [0.1, 0.15) is 35.3 Å². The van der Waals surface area contributed by atoms with E-state index in [0.29, 0.717) is 27.4 Å². The lowest BCUT2D eigenvalue weighted by atomic mass is 10.0. The number of alkyl halides is 1. The summed E-state index contributed by atoms with van der Waals surface area (Å²) < 4.78 is 53.8. The van der Waals surface area contributed by atoms with E-state index in [1.165, 1.54) is 11.8 Å². The zero-order chi connectivity index (χ0) is 33.4. The van der Waals surface area contributed by atoms with Gasteiger partial charge in [0.15, 0.2) is 0 Å². The second-order valence-corrected chi connectivity index (χ2v) is 13.1. The van der Waals surface area contributed by atoms with Gasteiger partial charge in [-0.05, 0) is 41.5 Å². The third-order valence-corrected chi connectivity index (χ3v) is 9.30. The third kappa shape index (κ3) is 8.87. The number of sulfonamides is 1. The summed E-state index contributed by atoms with van der Waals surface area (Å²) in [5.74, 6) is 0.0260. The number of ether oxygens (including phenoxy) is 3. The standard InChI is InChI=1S/C31H31FN6O7S2/c1-43-29(39)17-26(21-5-3-2-4-6-21)34-30(40)27(15-20-7-9-23(10-8-20)44-14-13-32)38-18-22(36-37-38)19-45-24-11-12-25-28(16-24)46-31(35-25)47(33,41)42/h2-12,16,18,26-27H,13-15,17,19H2,1H3,(H,34,40)(H2,33,41,42)/t26-,27-/m0/s1. The van der Waals surface area contributed by atoms with Crippen molar-refractivity contribution >= 4 is 43.5 Å². The lowest BCUT2D eigenvalue weighted by molar-refractivity contribution is -0.141. The van der Waals surface area contributed by atoms with Gasteiger partial charge in [-0.25, -0.2) is 27.6 Å². The number of fused-ring (bicyclic) bond motifs is 1. The van der Waals surface area contributed by atoms with Gasteiger partial charge >= 0.3 is 5.97 Å². The molecule has 47 heavy (non-hydrogen) atoms. The first-order chi connectivity index (χ1) is 22.6. The predicted molar refractivity (Wildman–Crippen MR) is 170 cm³/mol. The van der Waals surface area contributed by atoms with E-state index < -0.39 is 40.7 Å². The maximum Gasteiger partial charge on any atom is 0.307 e. The Hall–Kier alpha value is -4.93. The van der Waals surface area contributed by atoms with E-state index in [4.69, 9.17) is 19.3 Å². The minimum Gasteiger partial charge on any atom is -0.491 e. The van der Waals surface area contributed by atoms with Gasteiger partial charge in [-0.3, -0.25) is 9.59 Å². The number of nitrogens with zero attached hydrogens (tertiary/aromatic N) is 4. The van der Waals surface area contributed by atoms with Crippen molar-refractivity contribution in [3.05, 3.63) is 95.8 Å². The number of nitrogens with two attached hydrogens (primary N) is 1. The quantitative estimate of drug-likeness (QED) is 0.155. The van der Waals surface area contributed by atoms with Crippen molar-refractivity contribution in [2.24, 2.45) is 5.14 Å². The molecule has 0 saturated carbocycles. The van der Waals surface area contributed by atoms with E-state index in [0.717, 1.165) is 22.5 Å². The van der Waals surface area contributed by atoms with Crippen molar-refractivity contribution in [2.75, 3.05) is 20.4 Å². The van der Waals surface area contributed by atoms with Gasteiger partial charge in [0.05, 0.1) is 36.0 Å². The molecule has 5 aromatic rings. The summed E-state index contributed by atoms with van der Waals surface area (Å²) in [6.45, 7) is -0.684. The van der Waals surface area contributed by atoms with Gasteiger partial charge in [0.25, 0.3) is 10.0 Å². The van der Waals surface area contributed by atoms with Crippen LogP contribution in [0, 0.1) is 0 Å². The normalized spacial score (nSPS) is 12.7. The molecule has 0 fully saturated rings. The SMILES string of the molecule is COC(=O)C[C@H](NC(=O)[C@H](Cc1ccc(OCCF)cc1)n1cc(COc2ccc3nc(S(N)(=O)=O)sc3c2)nn1)c1ccccc1. The van der Waals surface area contributed by atoms with Gasteiger partial charge in [0.1, 0.15) is 43.1 Å². The van der Waals surface area contributed by atoms with Gasteiger partial charge in [-0.15, -0.1) is 16.4 Å². The van der Waals surface area contributed by atoms with Crippen LogP contribution in [0.3, 0.4) is 0 Å². The van der Waals surface area contributed by atoms with Crippen LogP contribution in [0.2, 0.25) is 0 Å². The Kier molecular flexibility index (Phi) is 10.7. The second kappa shape index (κ2) is 15.1. The maximum absolute atomic E-state index is 13.9. The fourth-order valence-corrected chi connectivity index (χ4v) is 6.33. The van der Waals surface area contributed by atoms with E-state index in [1.54, 1.807) is 48.7 Å². The highest BCUT2D eigenvalue weighted by molar-refractivity contribution is 7.91. The molecule has 0 aliphatic rings. The molecule has 1 amide bonds. The van der Waals surface area contributed by atoms with Crippen molar-refractivity contribution in [1.82, 2.24) is 25.3 Å². The lowest BCUT2D eigenvalue weighted by Gasteiger charge is -2.23. The van der Waals surface area contributed by atoms with Gasteiger partial charge in [-0.2, -0.15) is 0 Å². The second-order valence-electron chi connectivity index (χ2n) is 10.3. The molecule has 0 aliphatic heterocycles. The molecule has 0 unspecified atom stereocenters. The van der Waals surface area contributed by atoms with Crippen molar-refractivity contribution in [1.29, 1.82) is 0 Å². The number of benzene rings is 3. The number of thiazole rings is 1. The summed E-state index contributed by atoms with van der Waals surface area (Å²) in [6.07, 6.45) is 1.71. The van der Waals surface area contributed by atoms with Gasteiger partial charge in [0.2, 0.25) is 10.2 Å². The first-order valence-electron chi connectivity index (χ1n) is 14.3. The van der Waals surface area contributed by atoms with Crippen LogP contribution in [0.15, 0.2) is 83.3 Å². The van der Waals surface area contributed by atoms with E-state index in [1.807, 2.05) is 30.3 Å². The molecule has 0 bridgehead atoms. The number of methoxy groups -OCH3 is 1. The average Bonchev–Trinajstić information content (AvgIpc) is 3.73. The van der Waals surface area contributed by atoms with Crippen LogP contribution in [-0.2, 0) is 37.4 Å². The number of amides is 1. The highest BCUT2D eigenvalue weighted by atomic mass is 32.2. The Morgan fingerprint density at radius 3 is 2.49 bits per heavy atom. The van der Waals surface area contributed by atoms with E-state index >= 15 is 0 Å². The third-order valence-electron chi connectivity index (χ3n) is 6.97. The molecule has 3 N–H and O–H groups in total. The molecule has 0 aliphatic carbocycles. The fraction of sp³-hybridized carbons (Fsp3) is 0.258. The molecule has 0 radical (unpaired) electrons. The predicted octanol–water partition coefficient (Wildman–Crippen LogP) is 3.67. The number of nitrogens with one attached hydrogen (secondary N) is 1. The lowest BCUT2D eigenvalue weighted by Crippen LogP contribution is -2.37. The first-order valence-corrected chi connectivity index (χ1v) is 16.7. The number of carbonyl (C=O) groups excluding carboxylic acids is 2. The zero-order valence-electron chi connectivity index (χ0n) is 25.1. The molecule has 16 heteroatoms. The molecule has 2 heterocycles. The van der Waals surface area contributed by atoms with Crippen molar-refractivity contribution in [3.8, 4) is 11.5 Å². The Balaban J connectivity index is 1.36. The van der Waals surface area contributed by atoms with Gasteiger partial charge < -0.3 is 19.5 Å². The summed E-state index contributed by atoms with van der Waals surface area (Å²) in [7, 11) is -2.65. The Morgan fingerprint density at radius 2 is 1.79 bits per heavy atom. The van der Waals surface area contributed by atoms with Crippen LogP contribution < -0.4 is 19.9 Å². The number of hydrogen-bond acceptors (Lipinski definition) is 11. The Morgan fingerprint density at radius 1 is 1.04 bits per heavy atom.